The SMILES string of the molecule is COc1cc(SC)ccc1-c1cn2ncncc2n1. The maximum atomic E-state index is 5.44. The van der Waals surface area contributed by atoms with Crippen LogP contribution in [0.5, 0.6) is 5.75 Å². The number of imidazole rings is 1. The van der Waals surface area contributed by atoms with E-state index >= 15 is 0 Å². The highest BCUT2D eigenvalue weighted by molar-refractivity contribution is 7.98. The third kappa shape index (κ3) is 2.15. The van der Waals surface area contributed by atoms with Crippen LogP contribution in [0.4, 0.5) is 0 Å². The second-order valence-electron chi connectivity index (χ2n) is 3.90. The molecule has 2 aromatic heterocycles. The van der Waals surface area contributed by atoms with E-state index in [0.717, 1.165) is 21.9 Å². The molecule has 3 aromatic rings. The van der Waals surface area contributed by atoms with Gasteiger partial charge in [-0.15, -0.1) is 11.8 Å². The highest BCUT2D eigenvalue weighted by atomic mass is 32.2. The molecule has 0 saturated carbocycles. The van der Waals surface area contributed by atoms with E-state index in [9.17, 15) is 0 Å². The molecule has 6 heteroatoms. The highest BCUT2D eigenvalue weighted by Gasteiger charge is 2.11. The van der Waals surface area contributed by atoms with Crippen molar-refractivity contribution in [3.05, 3.63) is 36.9 Å². The highest BCUT2D eigenvalue weighted by Crippen LogP contribution is 2.32. The lowest BCUT2D eigenvalue weighted by Gasteiger charge is -2.07. The van der Waals surface area contributed by atoms with E-state index in [2.05, 4.69) is 21.1 Å². The van der Waals surface area contributed by atoms with Crippen LogP contribution in [0.15, 0.2) is 41.8 Å². The average Bonchev–Trinajstić information content (AvgIpc) is 2.90. The topological polar surface area (TPSA) is 52.3 Å². The number of fused-ring (bicyclic) bond motifs is 1. The molecule has 0 bridgehead atoms. The van der Waals surface area contributed by atoms with Gasteiger partial charge in [-0.3, -0.25) is 0 Å². The van der Waals surface area contributed by atoms with Gasteiger partial charge in [0, 0.05) is 10.5 Å². The number of aromatic nitrogens is 4. The molecule has 0 aliphatic carbocycles. The monoisotopic (exact) mass is 272 g/mol. The minimum atomic E-state index is 0.716. The number of benzene rings is 1. The van der Waals surface area contributed by atoms with Crippen LogP contribution in [0.3, 0.4) is 0 Å². The van der Waals surface area contributed by atoms with Gasteiger partial charge in [0.2, 0.25) is 0 Å². The fourth-order valence-corrected chi connectivity index (χ4v) is 2.32. The predicted octanol–water partition coefficient (Wildman–Crippen LogP) is 2.52. The van der Waals surface area contributed by atoms with Gasteiger partial charge < -0.3 is 4.74 Å². The van der Waals surface area contributed by atoms with E-state index in [1.165, 1.54) is 6.33 Å². The van der Waals surface area contributed by atoms with E-state index in [1.807, 2.05) is 24.6 Å². The molecule has 0 aliphatic heterocycles. The van der Waals surface area contributed by atoms with Crippen molar-refractivity contribution < 1.29 is 4.74 Å². The third-order valence-corrected chi connectivity index (χ3v) is 3.56. The van der Waals surface area contributed by atoms with Gasteiger partial charge >= 0.3 is 0 Å². The Morgan fingerprint density at radius 3 is 2.95 bits per heavy atom. The van der Waals surface area contributed by atoms with Crippen LogP contribution >= 0.6 is 11.8 Å². The molecule has 0 N–H and O–H groups in total. The van der Waals surface area contributed by atoms with Crippen molar-refractivity contribution in [3.63, 3.8) is 0 Å². The van der Waals surface area contributed by atoms with Gasteiger partial charge in [-0.05, 0) is 24.5 Å². The summed E-state index contributed by atoms with van der Waals surface area (Å²) in [5.74, 6) is 0.809. The summed E-state index contributed by atoms with van der Waals surface area (Å²) in [7, 11) is 1.67. The lowest BCUT2D eigenvalue weighted by atomic mass is 10.1. The molecule has 96 valence electrons. The summed E-state index contributed by atoms with van der Waals surface area (Å²) >= 11 is 1.68. The first kappa shape index (κ1) is 12.0. The van der Waals surface area contributed by atoms with Crippen molar-refractivity contribution in [1.82, 2.24) is 19.6 Å². The number of hydrogen-bond acceptors (Lipinski definition) is 5. The van der Waals surface area contributed by atoms with E-state index in [4.69, 9.17) is 4.74 Å². The Labute approximate surface area is 114 Å². The molecule has 2 heterocycles. The van der Waals surface area contributed by atoms with Gasteiger partial charge in [0.25, 0.3) is 0 Å². The number of hydrogen-bond donors (Lipinski definition) is 0. The molecule has 0 atom stereocenters. The van der Waals surface area contributed by atoms with Gasteiger partial charge in [-0.1, -0.05) is 0 Å². The summed E-state index contributed by atoms with van der Waals surface area (Å²) in [4.78, 5) is 9.62. The molecular formula is C13H12N4OS. The zero-order valence-electron chi connectivity index (χ0n) is 10.6. The lowest BCUT2D eigenvalue weighted by molar-refractivity contribution is 0.415. The molecule has 0 saturated heterocycles. The smallest absolute Gasteiger partial charge is 0.172 e. The standard InChI is InChI=1S/C13H12N4OS/c1-18-12-5-9(19-2)3-4-10(12)11-7-17-13(16-11)6-14-8-15-17/h3-8H,1-2H3. The quantitative estimate of drug-likeness (QED) is 0.686. The summed E-state index contributed by atoms with van der Waals surface area (Å²) in [6.07, 6.45) is 7.08. The number of methoxy groups -OCH3 is 1. The largest absolute Gasteiger partial charge is 0.496 e. The van der Waals surface area contributed by atoms with Crippen LogP contribution in [-0.2, 0) is 0 Å². The number of nitrogens with zero attached hydrogens (tertiary/aromatic N) is 4. The lowest BCUT2D eigenvalue weighted by Crippen LogP contribution is -1.89. The van der Waals surface area contributed by atoms with Crippen LogP contribution in [0.1, 0.15) is 0 Å². The van der Waals surface area contributed by atoms with Gasteiger partial charge in [-0.2, -0.15) is 5.10 Å². The molecule has 19 heavy (non-hydrogen) atoms. The Morgan fingerprint density at radius 1 is 1.32 bits per heavy atom. The molecule has 0 fully saturated rings. The molecule has 0 radical (unpaired) electrons. The summed E-state index contributed by atoms with van der Waals surface area (Å²) in [5, 5.41) is 4.11. The van der Waals surface area contributed by atoms with Gasteiger partial charge in [0.1, 0.15) is 12.1 Å². The van der Waals surface area contributed by atoms with Gasteiger partial charge in [0.05, 0.1) is 25.2 Å². The Balaban J connectivity index is 2.15. The zero-order valence-corrected chi connectivity index (χ0v) is 11.4. The van der Waals surface area contributed by atoms with E-state index < -0.39 is 0 Å². The van der Waals surface area contributed by atoms with E-state index in [0.29, 0.717) is 5.65 Å². The second kappa shape index (κ2) is 4.89. The second-order valence-corrected chi connectivity index (χ2v) is 4.78. The number of rotatable bonds is 3. The normalized spacial score (nSPS) is 10.8. The van der Waals surface area contributed by atoms with Crippen molar-refractivity contribution in [2.24, 2.45) is 0 Å². The third-order valence-electron chi connectivity index (χ3n) is 2.83. The Morgan fingerprint density at radius 2 is 2.21 bits per heavy atom. The zero-order chi connectivity index (χ0) is 13.2. The minimum Gasteiger partial charge on any atom is -0.496 e. The van der Waals surface area contributed by atoms with Crippen molar-refractivity contribution >= 4 is 17.4 Å². The summed E-state index contributed by atoms with van der Waals surface area (Å²) in [6.45, 7) is 0. The number of ether oxygens (including phenoxy) is 1. The van der Waals surface area contributed by atoms with E-state index in [1.54, 1.807) is 29.6 Å². The molecule has 0 unspecified atom stereocenters. The fourth-order valence-electron chi connectivity index (χ4n) is 1.89. The first-order chi connectivity index (χ1) is 9.31. The van der Waals surface area contributed by atoms with Crippen molar-refractivity contribution in [2.75, 3.05) is 13.4 Å². The summed E-state index contributed by atoms with van der Waals surface area (Å²) in [5.41, 5.74) is 2.49. The average molecular weight is 272 g/mol. The van der Waals surface area contributed by atoms with Gasteiger partial charge in [-0.25, -0.2) is 14.5 Å². The molecule has 0 spiro atoms. The summed E-state index contributed by atoms with van der Waals surface area (Å²) in [6, 6.07) is 6.08. The number of thioether (sulfide) groups is 1. The molecule has 3 rings (SSSR count). The predicted molar refractivity (Wildman–Crippen MR) is 74.6 cm³/mol. The molecule has 0 amide bonds. The summed E-state index contributed by atoms with van der Waals surface area (Å²) < 4.78 is 7.14. The Bertz CT molecular complexity index is 692. The van der Waals surface area contributed by atoms with Crippen LogP contribution in [-0.4, -0.2) is 32.9 Å². The van der Waals surface area contributed by atoms with Crippen LogP contribution in [0, 0.1) is 0 Å². The molecule has 0 aliphatic rings. The Kier molecular flexibility index (Phi) is 3.08. The molecular weight excluding hydrogens is 260 g/mol. The van der Waals surface area contributed by atoms with Crippen molar-refractivity contribution in [3.8, 4) is 17.0 Å². The van der Waals surface area contributed by atoms with Crippen LogP contribution < -0.4 is 4.74 Å². The van der Waals surface area contributed by atoms with E-state index in [-0.39, 0.29) is 0 Å². The Hall–Kier alpha value is -2.08. The molecule has 5 nitrogen and oxygen atoms in total. The first-order valence-electron chi connectivity index (χ1n) is 5.69. The van der Waals surface area contributed by atoms with Crippen LogP contribution in [0.25, 0.3) is 16.9 Å². The maximum absolute atomic E-state index is 5.44. The van der Waals surface area contributed by atoms with Gasteiger partial charge in [0.15, 0.2) is 5.65 Å². The fraction of sp³-hybridized carbons (Fsp3) is 0.154. The van der Waals surface area contributed by atoms with Crippen molar-refractivity contribution in [1.29, 1.82) is 0 Å². The first-order valence-corrected chi connectivity index (χ1v) is 6.92. The maximum Gasteiger partial charge on any atom is 0.172 e. The molecule has 1 aromatic carbocycles. The minimum absolute atomic E-state index is 0.716. The van der Waals surface area contributed by atoms with Crippen molar-refractivity contribution in [2.45, 2.75) is 4.90 Å². The van der Waals surface area contributed by atoms with Crippen LogP contribution in [0.2, 0.25) is 0 Å².